The first-order valence-electron chi connectivity index (χ1n) is 6.60. The number of carbonyl (C=O) groups is 1. The summed E-state index contributed by atoms with van der Waals surface area (Å²) in [6, 6.07) is 16.9. The molecule has 5 heteroatoms. The summed E-state index contributed by atoms with van der Waals surface area (Å²) in [6.07, 6.45) is 0. The van der Waals surface area contributed by atoms with Crippen LogP contribution < -0.4 is 0 Å². The first-order chi connectivity index (χ1) is 10.7. The van der Waals surface area contributed by atoms with Gasteiger partial charge in [0.15, 0.2) is 5.78 Å². The van der Waals surface area contributed by atoms with Crippen molar-refractivity contribution in [3.05, 3.63) is 65.7 Å². The third-order valence-electron chi connectivity index (χ3n) is 3.71. The molecule has 0 spiro atoms. The molecule has 0 amide bonds. The van der Waals surface area contributed by atoms with Crippen LogP contribution in [0.25, 0.3) is 21.9 Å². The molecule has 3 aromatic carbocycles. The zero-order valence-corrected chi connectivity index (χ0v) is 11.4. The van der Waals surface area contributed by atoms with Gasteiger partial charge >= 0.3 is 7.83 Å². The van der Waals surface area contributed by atoms with Gasteiger partial charge < -0.3 is 5.11 Å². The molecule has 22 heavy (non-hydrogen) atoms. The second-order valence-electron chi connectivity index (χ2n) is 4.82. The normalized spacial score (nSPS) is 11.5. The summed E-state index contributed by atoms with van der Waals surface area (Å²) in [4.78, 5) is 12.6. The summed E-state index contributed by atoms with van der Waals surface area (Å²) in [5.74, 6) is -0.0446. The monoisotopic (exact) mass is 295 g/mol. The molecule has 0 aromatic heterocycles. The van der Waals surface area contributed by atoms with E-state index in [0.717, 1.165) is 21.9 Å². The van der Waals surface area contributed by atoms with Crippen LogP contribution in [0.2, 0.25) is 0 Å². The number of benzene rings is 3. The number of hydrogen-bond donors (Lipinski definition) is 1. The van der Waals surface area contributed by atoms with Crippen molar-refractivity contribution in [3.63, 3.8) is 0 Å². The van der Waals surface area contributed by atoms with Gasteiger partial charge in [0, 0.05) is 10.9 Å². The molecule has 1 aliphatic rings. The molecule has 0 atom stereocenters. The smallest absolute Gasteiger partial charge is 0.507 e. The van der Waals surface area contributed by atoms with E-state index in [2.05, 4.69) is 0 Å². The molecular formula is C17H10BF2O2. The predicted octanol–water partition coefficient (Wildman–Crippen LogP) is 4.22. The molecule has 4 rings (SSSR count). The van der Waals surface area contributed by atoms with Gasteiger partial charge in [0.05, 0.1) is 5.56 Å². The van der Waals surface area contributed by atoms with E-state index in [-0.39, 0.29) is 11.5 Å². The Labute approximate surface area is 126 Å². The Morgan fingerprint density at radius 3 is 2.18 bits per heavy atom. The van der Waals surface area contributed by atoms with E-state index in [9.17, 15) is 18.5 Å². The Morgan fingerprint density at radius 2 is 1.45 bits per heavy atom. The van der Waals surface area contributed by atoms with E-state index in [1.165, 1.54) is 0 Å². The number of aromatic hydroxyl groups is 1. The Kier molecular flexibility index (Phi) is 3.63. The van der Waals surface area contributed by atoms with Crippen LogP contribution in [0.4, 0.5) is 8.63 Å². The number of phenols is 1. The van der Waals surface area contributed by atoms with Crippen molar-refractivity contribution in [3.8, 4) is 16.9 Å². The minimum absolute atomic E-state index is 0.0550. The largest absolute Gasteiger partial charge is 0.577 e. The molecule has 0 unspecified atom stereocenters. The van der Waals surface area contributed by atoms with Crippen molar-refractivity contribution in [1.29, 1.82) is 0 Å². The minimum atomic E-state index is -1.00. The van der Waals surface area contributed by atoms with Gasteiger partial charge in [-0.2, -0.15) is 0 Å². The Morgan fingerprint density at radius 1 is 0.818 bits per heavy atom. The predicted molar refractivity (Wildman–Crippen MR) is 82.5 cm³/mol. The summed E-state index contributed by atoms with van der Waals surface area (Å²) >= 11 is 0. The molecule has 1 N–H and O–H groups in total. The highest BCUT2D eigenvalue weighted by molar-refractivity contribution is 6.27. The highest BCUT2D eigenvalue weighted by Crippen LogP contribution is 2.42. The van der Waals surface area contributed by atoms with Crippen molar-refractivity contribution in [2.75, 3.05) is 0 Å². The van der Waals surface area contributed by atoms with Crippen LogP contribution in [0.5, 0.6) is 5.75 Å². The molecule has 0 aliphatic heterocycles. The van der Waals surface area contributed by atoms with Gasteiger partial charge in [0.25, 0.3) is 0 Å². The lowest BCUT2D eigenvalue weighted by molar-refractivity contribution is 0.103. The van der Waals surface area contributed by atoms with Gasteiger partial charge in [-0.05, 0) is 22.6 Å². The zero-order valence-electron chi connectivity index (χ0n) is 11.4. The number of carbonyl (C=O) groups excluding carboxylic acids is 1. The molecule has 0 saturated heterocycles. The van der Waals surface area contributed by atoms with Crippen molar-refractivity contribution in [2.45, 2.75) is 0 Å². The topological polar surface area (TPSA) is 37.3 Å². The van der Waals surface area contributed by atoms with Crippen LogP contribution in [0, 0.1) is 0 Å². The SMILES string of the molecule is F[B]F.O=C1c2ccccc2-c2cccc3ccc(O)c1c23. The molecular weight excluding hydrogens is 285 g/mol. The van der Waals surface area contributed by atoms with Crippen molar-refractivity contribution in [1.82, 2.24) is 0 Å². The number of hydrogen-bond acceptors (Lipinski definition) is 2. The molecule has 3 aromatic rings. The van der Waals surface area contributed by atoms with Gasteiger partial charge in [-0.3, -0.25) is 13.4 Å². The van der Waals surface area contributed by atoms with Crippen LogP contribution in [0.15, 0.2) is 54.6 Å². The molecule has 1 radical (unpaired) electrons. The Hall–Kier alpha value is -2.69. The number of rotatable bonds is 0. The molecule has 107 valence electrons. The summed E-state index contributed by atoms with van der Waals surface area (Å²) in [7, 11) is -1.00. The minimum Gasteiger partial charge on any atom is -0.507 e. The van der Waals surface area contributed by atoms with E-state index >= 15 is 0 Å². The maximum atomic E-state index is 12.6. The lowest BCUT2D eigenvalue weighted by Gasteiger charge is -2.20. The summed E-state index contributed by atoms with van der Waals surface area (Å²) in [6.45, 7) is 0. The highest BCUT2D eigenvalue weighted by Gasteiger charge is 2.26. The summed E-state index contributed by atoms with van der Waals surface area (Å²) in [5, 5.41) is 11.9. The molecule has 2 nitrogen and oxygen atoms in total. The molecule has 0 saturated carbocycles. The fraction of sp³-hybridized carbons (Fsp3) is 0. The maximum absolute atomic E-state index is 12.6. The highest BCUT2D eigenvalue weighted by atomic mass is 19.2. The molecule has 1 aliphatic carbocycles. The zero-order chi connectivity index (χ0) is 15.7. The van der Waals surface area contributed by atoms with Crippen LogP contribution in [0.3, 0.4) is 0 Å². The van der Waals surface area contributed by atoms with Crippen LogP contribution in [-0.2, 0) is 0 Å². The average molecular weight is 295 g/mol. The van der Waals surface area contributed by atoms with E-state index in [4.69, 9.17) is 0 Å². The molecule has 0 fully saturated rings. The first-order valence-corrected chi connectivity index (χ1v) is 6.60. The second kappa shape index (κ2) is 5.60. The fourth-order valence-corrected chi connectivity index (χ4v) is 2.87. The van der Waals surface area contributed by atoms with Gasteiger partial charge in [0.2, 0.25) is 0 Å². The number of ketones is 1. The quantitative estimate of drug-likeness (QED) is 0.493. The first kappa shape index (κ1) is 14.3. The van der Waals surface area contributed by atoms with E-state index in [0.29, 0.717) is 11.1 Å². The summed E-state index contributed by atoms with van der Waals surface area (Å²) < 4.78 is 19.0. The van der Waals surface area contributed by atoms with Gasteiger partial charge in [-0.15, -0.1) is 0 Å². The Bertz CT molecular complexity index is 878. The van der Waals surface area contributed by atoms with Crippen LogP contribution >= 0.6 is 0 Å². The summed E-state index contributed by atoms with van der Waals surface area (Å²) in [5.41, 5.74) is 3.03. The van der Waals surface area contributed by atoms with Crippen LogP contribution in [0.1, 0.15) is 15.9 Å². The van der Waals surface area contributed by atoms with Crippen LogP contribution in [-0.4, -0.2) is 18.7 Å². The van der Waals surface area contributed by atoms with Crippen molar-refractivity contribution >= 4 is 24.4 Å². The van der Waals surface area contributed by atoms with E-state index in [1.807, 2.05) is 48.5 Å². The Balaban J connectivity index is 0.000000446. The third-order valence-corrected chi connectivity index (χ3v) is 3.71. The lowest BCUT2D eigenvalue weighted by Crippen LogP contribution is -2.09. The maximum Gasteiger partial charge on any atom is 0.577 e. The van der Waals surface area contributed by atoms with E-state index < -0.39 is 7.83 Å². The fourth-order valence-electron chi connectivity index (χ4n) is 2.87. The molecule has 0 heterocycles. The van der Waals surface area contributed by atoms with E-state index in [1.54, 1.807) is 6.07 Å². The van der Waals surface area contributed by atoms with Gasteiger partial charge in [-0.25, -0.2) is 0 Å². The average Bonchev–Trinajstić information content (AvgIpc) is 2.54. The molecule has 0 bridgehead atoms. The second-order valence-corrected chi connectivity index (χ2v) is 4.82. The third kappa shape index (κ3) is 2.06. The standard InChI is InChI=1S/C17H10O2.BF2/c18-14-9-8-10-4-3-7-12-11-5-1-2-6-13(11)17(19)16(14)15(10)12;2-1-3/h1-9,18H;. The van der Waals surface area contributed by atoms with Gasteiger partial charge in [0.1, 0.15) is 5.75 Å². The number of halogens is 2. The van der Waals surface area contributed by atoms with Crippen molar-refractivity contribution < 1.29 is 18.5 Å². The van der Waals surface area contributed by atoms with Gasteiger partial charge in [-0.1, -0.05) is 48.5 Å². The van der Waals surface area contributed by atoms with Crippen molar-refractivity contribution in [2.24, 2.45) is 0 Å². The number of fused-ring (bicyclic) bond motifs is 2. The number of phenolic OH excluding ortho intramolecular Hbond substituents is 1. The lowest BCUT2D eigenvalue weighted by atomic mass is 9.82.